The van der Waals surface area contributed by atoms with Gasteiger partial charge in [-0.25, -0.2) is 8.78 Å². The number of esters is 2. The van der Waals surface area contributed by atoms with E-state index in [2.05, 4.69) is 0 Å². The van der Waals surface area contributed by atoms with Gasteiger partial charge in [0.15, 0.2) is 5.92 Å². The van der Waals surface area contributed by atoms with E-state index < -0.39 is 34.9 Å². The summed E-state index contributed by atoms with van der Waals surface area (Å²) in [6.07, 6.45) is 0. The van der Waals surface area contributed by atoms with Gasteiger partial charge in [-0.05, 0) is 49.2 Å². The summed E-state index contributed by atoms with van der Waals surface area (Å²) in [5, 5.41) is 10.2. The van der Waals surface area contributed by atoms with E-state index in [1.807, 2.05) is 6.07 Å². The Balaban J connectivity index is 2.81. The average Bonchev–Trinajstić information content (AvgIpc) is 2.68. The molecule has 0 bridgehead atoms. The number of nitriles is 1. The van der Waals surface area contributed by atoms with E-state index in [4.69, 9.17) is 9.47 Å². The molecule has 0 radical (unpaired) electrons. The highest BCUT2D eigenvalue weighted by Crippen LogP contribution is 2.41. The molecule has 2 aromatic rings. The third-order valence-corrected chi connectivity index (χ3v) is 4.25. The molecule has 0 unspecified atom stereocenters. The number of ether oxygens (including phenoxy) is 2. The van der Waals surface area contributed by atoms with Gasteiger partial charge in [0.05, 0.1) is 19.3 Å². The highest BCUT2D eigenvalue weighted by Gasteiger charge is 2.52. The number of carbonyl (C=O) groups excluding carboxylic acids is 2. The summed E-state index contributed by atoms with van der Waals surface area (Å²) in [5.41, 5.74) is -1.55. The smallest absolute Gasteiger partial charge is 0.322 e. The Morgan fingerprint density at radius 3 is 1.54 bits per heavy atom. The Morgan fingerprint density at radius 2 is 1.25 bits per heavy atom. The van der Waals surface area contributed by atoms with Crippen LogP contribution < -0.4 is 0 Å². The van der Waals surface area contributed by atoms with Crippen molar-refractivity contribution in [2.24, 2.45) is 5.92 Å². The van der Waals surface area contributed by atoms with Gasteiger partial charge < -0.3 is 9.47 Å². The zero-order chi connectivity index (χ0) is 20.7. The van der Waals surface area contributed by atoms with Crippen LogP contribution in [0.1, 0.15) is 25.0 Å². The summed E-state index contributed by atoms with van der Waals surface area (Å²) in [6, 6.07) is 11.7. The first-order valence-corrected chi connectivity index (χ1v) is 8.67. The second-order valence-corrected chi connectivity index (χ2v) is 5.87. The van der Waals surface area contributed by atoms with Crippen molar-refractivity contribution in [3.8, 4) is 6.07 Å². The molecule has 0 aromatic heterocycles. The molecule has 0 atom stereocenters. The molecule has 0 heterocycles. The highest BCUT2D eigenvalue weighted by molar-refractivity contribution is 5.98. The first-order chi connectivity index (χ1) is 13.4. The number of benzene rings is 2. The van der Waals surface area contributed by atoms with E-state index in [0.29, 0.717) is 0 Å². The zero-order valence-corrected chi connectivity index (χ0v) is 15.4. The molecule has 28 heavy (non-hydrogen) atoms. The van der Waals surface area contributed by atoms with E-state index >= 15 is 0 Å². The van der Waals surface area contributed by atoms with E-state index in [1.165, 1.54) is 24.3 Å². The summed E-state index contributed by atoms with van der Waals surface area (Å²) >= 11 is 0. The lowest BCUT2D eigenvalue weighted by atomic mass is 9.66. The Morgan fingerprint density at radius 1 is 0.893 bits per heavy atom. The Kier molecular flexibility index (Phi) is 6.83. The standard InChI is InChI=1S/C21H19F2NO4/c1-3-27-19(25)18(20(26)28-4-2)21(13-24,14-5-9-16(22)10-6-14)15-7-11-17(23)12-8-15/h5-12,18H,3-4H2,1-2H3. The molecule has 7 heteroatoms. The number of rotatable bonds is 7. The fraction of sp³-hybridized carbons (Fsp3) is 0.286. The van der Waals surface area contributed by atoms with E-state index in [-0.39, 0.29) is 24.3 Å². The van der Waals surface area contributed by atoms with Gasteiger partial charge in [0, 0.05) is 0 Å². The fourth-order valence-corrected chi connectivity index (χ4v) is 3.02. The molecule has 0 saturated heterocycles. The van der Waals surface area contributed by atoms with Crippen LogP contribution in [0, 0.1) is 28.9 Å². The van der Waals surface area contributed by atoms with Crippen molar-refractivity contribution in [3.05, 3.63) is 71.3 Å². The van der Waals surface area contributed by atoms with Gasteiger partial charge in [-0.2, -0.15) is 5.26 Å². The SMILES string of the molecule is CCOC(=O)C(C(=O)OCC)C(C#N)(c1ccc(F)cc1)c1ccc(F)cc1. The molecule has 0 aliphatic rings. The molecule has 0 saturated carbocycles. The van der Waals surface area contributed by atoms with Crippen molar-refractivity contribution >= 4 is 11.9 Å². The Labute approximate surface area is 161 Å². The zero-order valence-electron chi connectivity index (χ0n) is 15.4. The summed E-state index contributed by atoms with van der Waals surface area (Å²) in [5.74, 6) is -4.72. The molecular weight excluding hydrogens is 368 g/mol. The summed E-state index contributed by atoms with van der Waals surface area (Å²) in [6.45, 7) is 3.07. The minimum absolute atomic E-state index is 0.0247. The van der Waals surface area contributed by atoms with Gasteiger partial charge in [-0.1, -0.05) is 24.3 Å². The monoisotopic (exact) mass is 387 g/mol. The van der Waals surface area contributed by atoms with Gasteiger partial charge in [-0.3, -0.25) is 9.59 Å². The van der Waals surface area contributed by atoms with Gasteiger partial charge >= 0.3 is 11.9 Å². The Hall–Kier alpha value is -3.27. The normalized spacial score (nSPS) is 11.0. The summed E-state index contributed by atoms with van der Waals surface area (Å²) in [7, 11) is 0. The number of halogens is 2. The molecule has 2 rings (SSSR count). The molecular formula is C21H19F2NO4. The molecule has 2 aromatic carbocycles. The van der Waals surface area contributed by atoms with Crippen LogP contribution in [0.4, 0.5) is 8.78 Å². The molecule has 5 nitrogen and oxygen atoms in total. The first kappa shape index (κ1) is 21.0. The molecule has 0 spiro atoms. The quantitative estimate of drug-likeness (QED) is 0.537. The van der Waals surface area contributed by atoms with E-state index in [0.717, 1.165) is 24.3 Å². The lowest BCUT2D eigenvalue weighted by molar-refractivity contribution is -0.163. The van der Waals surface area contributed by atoms with Crippen LogP contribution in [0.5, 0.6) is 0 Å². The van der Waals surface area contributed by atoms with Crippen LogP contribution in [-0.2, 0) is 24.5 Å². The summed E-state index contributed by atoms with van der Waals surface area (Å²) in [4.78, 5) is 25.4. The Bertz CT molecular complexity index is 809. The molecule has 0 aliphatic carbocycles. The predicted molar refractivity (Wildman–Crippen MR) is 95.9 cm³/mol. The summed E-state index contributed by atoms with van der Waals surface area (Å²) < 4.78 is 37.0. The third kappa shape index (κ3) is 4.01. The van der Waals surface area contributed by atoms with Crippen molar-refractivity contribution in [1.29, 1.82) is 5.26 Å². The maximum Gasteiger partial charge on any atom is 0.322 e. The third-order valence-electron chi connectivity index (χ3n) is 4.25. The van der Waals surface area contributed by atoms with Gasteiger partial charge in [0.25, 0.3) is 0 Å². The van der Waals surface area contributed by atoms with Crippen LogP contribution in [0.15, 0.2) is 48.5 Å². The van der Waals surface area contributed by atoms with Crippen molar-refractivity contribution in [3.63, 3.8) is 0 Å². The van der Waals surface area contributed by atoms with Crippen LogP contribution >= 0.6 is 0 Å². The predicted octanol–water partition coefficient (Wildman–Crippen LogP) is 3.52. The maximum atomic E-state index is 13.5. The van der Waals surface area contributed by atoms with Crippen LogP contribution in [0.2, 0.25) is 0 Å². The highest BCUT2D eigenvalue weighted by atomic mass is 19.1. The maximum absolute atomic E-state index is 13.5. The molecule has 0 N–H and O–H groups in total. The minimum atomic E-state index is -1.90. The van der Waals surface area contributed by atoms with Crippen molar-refractivity contribution in [1.82, 2.24) is 0 Å². The second kappa shape index (κ2) is 9.09. The van der Waals surface area contributed by atoms with Crippen molar-refractivity contribution in [2.75, 3.05) is 13.2 Å². The molecule has 0 fully saturated rings. The number of hydrogen-bond acceptors (Lipinski definition) is 5. The number of carbonyl (C=O) groups is 2. The van der Waals surface area contributed by atoms with Crippen LogP contribution in [0.3, 0.4) is 0 Å². The second-order valence-electron chi connectivity index (χ2n) is 5.87. The van der Waals surface area contributed by atoms with E-state index in [9.17, 15) is 23.6 Å². The minimum Gasteiger partial charge on any atom is -0.465 e. The lowest BCUT2D eigenvalue weighted by Gasteiger charge is -2.33. The van der Waals surface area contributed by atoms with Crippen molar-refractivity contribution < 1.29 is 27.8 Å². The topological polar surface area (TPSA) is 76.4 Å². The largest absolute Gasteiger partial charge is 0.465 e. The number of hydrogen-bond donors (Lipinski definition) is 0. The van der Waals surface area contributed by atoms with Crippen molar-refractivity contribution in [2.45, 2.75) is 19.3 Å². The van der Waals surface area contributed by atoms with Crippen LogP contribution in [0.25, 0.3) is 0 Å². The first-order valence-electron chi connectivity index (χ1n) is 8.67. The lowest BCUT2D eigenvalue weighted by Crippen LogP contribution is -2.46. The van der Waals surface area contributed by atoms with E-state index in [1.54, 1.807) is 13.8 Å². The molecule has 0 amide bonds. The van der Waals surface area contributed by atoms with Crippen LogP contribution in [-0.4, -0.2) is 25.2 Å². The number of nitrogens with zero attached hydrogens (tertiary/aromatic N) is 1. The fourth-order valence-electron chi connectivity index (χ4n) is 3.02. The average molecular weight is 387 g/mol. The van der Waals surface area contributed by atoms with Gasteiger partial charge in [0.1, 0.15) is 17.0 Å². The van der Waals surface area contributed by atoms with Gasteiger partial charge in [0.2, 0.25) is 0 Å². The molecule has 0 aliphatic heterocycles. The van der Waals surface area contributed by atoms with Gasteiger partial charge in [-0.15, -0.1) is 0 Å². The molecule has 146 valence electrons.